The molecule has 1 aromatic carbocycles. The van der Waals surface area contributed by atoms with Crippen molar-refractivity contribution in [3.63, 3.8) is 0 Å². The van der Waals surface area contributed by atoms with Crippen molar-refractivity contribution in [2.45, 2.75) is 17.4 Å². The van der Waals surface area contributed by atoms with Crippen LogP contribution >= 0.6 is 11.8 Å². The molecule has 0 bridgehead atoms. The number of amides is 2. The van der Waals surface area contributed by atoms with E-state index in [1.165, 1.54) is 11.8 Å². The lowest BCUT2D eigenvalue weighted by atomic mass is 10.1. The molecule has 0 unspecified atom stereocenters. The minimum Gasteiger partial charge on any atom is -0.294 e. The van der Waals surface area contributed by atoms with Gasteiger partial charge in [0.05, 0.1) is 5.25 Å². The van der Waals surface area contributed by atoms with Gasteiger partial charge in [0.25, 0.3) is 0 Å². The van der Waals surface area contributed by atoms with Crippen LogP contribution in [0, 0.1) is 0 Å². The summed E-state index contributed by atoms with van der Waals surface area (Å²) in [5.41, 5.74) is 0.944. The number of carbonyl (C=O) groups is 2. The van der Waals surface area contributed by atoms with E-state index in [4.69, 9.17) is 0 Å². The van der Waals surface area contributed by atoms with Crippen molar-refractivity contribution in [1.29, 1.82) is 0 Å². The van der Waals surface area contributed by atoms with Crippen LogP contribution in [0.25, 0.3) is 0 Å². The van der Waals surface area contributed by atoms with Gasteiger partial charge in [-0.25, -0.2) is 0 Å². The molecular weight excluding hydrogens is 210 g/mol. The van der Waals surface area contributed by atoms with Gasteiger partial charge in [0.15, 0.2) is 0 Å². The summed E-state index contributed by atoms with van der Waals surface area (Å²) in [6, 6.07) is 9.50. The fourth-order valence-corrected chi connectivity index (χ4v) is 2.56. The molecule has 0 radical (unpaired) electrons. The highest BCUT2D eigenvalue weighted by Gasteiger charge is 2.33. The third-order valence-electron chi connectivity index (χ3n) is 2.30. The van der Waals surface area contributed by atoms with Gasteiger partial charge in [0.1, 0.15) is 5.25 Å². The number of carbonyl (C=O) groups excluding carboxylic acids is 2. The third-order valence-corrected chi connectivity index (χ3v) is 3.68. The minimum atomic E-state index is -0.265. The molecule has 4 heteroatoms. The number of benzene rings is 1. The molecule has 0 spiro atoms. The highest BCUT2D eigenvalue weighted by atomic mass is 32.2. The molecule has 3 nitrogen and oxygen atoms in total. The van der Waals surface area contributed by atoms with E-state index in [2.05, 4.69) is 5.32 Å². The smallest absolute Gasteiger partial charge is 0.244 e. The summed E-state index contributed by atoms with van der Waals surface area (Å²) in [4.78, 5) is 22.8. The Morgan fingerprint density at radius 1 is 1.13 bits per heavy atom. The van der Waals surface area contributed by atoms with Gasteiger partial charge in [-0.1, -0.05) is 30.3 Å². The fraction of sp³-hybridized carbons (Fsp3) is 0.273. The Morgan fingerprint density at radius 2 is 1.80 bits per heavy atom. The molecule has 0 saturated carbocycles. The molecule has 1 N–H and O–H groups in total. The van der Waals surface area contributed by atoms with Crippen LogP contribution in [0.4, 0.5) is 0 Å². The normalized spacial score (nSPS) is 26.2. The predicted octanol–water partition coefficient (Wildman–Crippen LogP) is 1.51. The van der Waals surface area contributed by atoms with E-state index in [0.717, 1.165) is 5.56 Å². The zero-order valence-electron chi connectivity index (χ0n) is 8.27. The Hall–Kier alpha value is -1.29. The zero-order valence-corrected chi connectivity index (χ0v) is 9.08. The molecule has 78 valence electrons. The van der Waals surface area contributed by atoms with Crippen LogP contribution in [0.2, 0.25) is 0 Å². The zero-order chi connectivity index (χ0) is 10.8. The first-order valence-electron chi connectivity index (χ1n) is 4.73. The summed E-state index contributed by atoms with van der Waals surface area (Å²) in [6.07, 6.45) is 0. The SMILES string of the molecule is C[C@H]1S[C@H](c2ccccc2)C(=O)NC1=O. The topological polar surface area (TPSA) is 46.2 Å². The molecule has 15 heavy (non-hydrogen) atoms. The number of hydrogen-bond donors (Lipinski definition) is 1. The van der Waals surface area contributed by atoms with Crippen molar-refractivity contribution in [1.82, 2.24) is 5.32 Å². The van der Waals surface area contributed by atoms with Crippen molar-refractivity contribution in [2.24, 2.45) is 0 Å². The highest BCUT2D eigenvalue weighted by molar-refractivity contribution is 8.01. The Bertz CT molecular complexity index is 391. The second-order valence-electron chi connectivity index (χ2n) is 3.42. The first-order chi connectivity index (χ1) is 7.18. The second-order valence-corrected chi connectivity index (χ2v) is 4.87. The Morgan fingerprint density at radius 3 is 2.47 bits per heavy atom. The van der Waals surface area contributed by atoms with Gasteiger partial charge < -0.3 is 0 Å². The van der Waals surface area contributed by atoms with Crippen molar-refractivity contribution in [3.8, 4) is 0 Å². The van der Waals surface area contributed by atoms with Crippen LogP contribution in [0.5, 0.6) is 0 Å². The molecule has 2 atom stereocenters. The van der Waals surface area contributed by atoms with E-state index >= 15 is 0 Å². The molecule has 1 heterocycles. The maximum Gasteiger partial charge on any atom is 0.244 e. The summed E-state index contributed by atoms with van der Waals surface area (Å²) in [5.74, 6) is -0.411. The molecular formula is C11H11NO2S. The number of nitrogens with one attached hydrogen (secondary N) is 1. The standard InChI is InChI=1S/C11H11NO2S/c1-7-10(13)12-11(14)9(15-7)8-5-3-2-4-6-8/h2-7,9H,1H3,(H,12,13,14)/t7-,9-/m1/s1. The van der Waals surface area contributed by atoms with E-state index in [1.807, 2.05) is 37.3 Å². The molecule has 1 fully saturated rings. The second kappa shape index (κ2) is 4.06. The lowest BCUT2D eigenvalue weighted by Gasteiger charge is -2.25. The first-order valence-corrected chi connectivity index (χ1v) is 5.68. The van der Waals surface area contributed by atoms with Crippen molar-refractivity contribution < 1.29 is 9.59 Å². The molecule has 2 rings (SSSR count). The molecule has 1 aliphatic heterocycles. The first kappa shape index (κ1) is 10.2. The third kappa shape index (κ3) is 2.04. The van der Waals surface area contributed by atoms with Gasteiger partial charge >= 0.3 is 0 Å². The maximum atomic E-state index is 11.6. The average molecular weight is 221 g/mol. The van der Waals surface area contributed by atoms with Crippen LogP contribution in [0.3, 0.4) is 0 Å². The van der Waals surface area contributed by atoms with E-state index in [-0.39, 0.29) is 22.3 Å². The van der Waals surface area contributed by atoms with Crippen LogP contribution in [0.15, 0.2) is 30.3 Å². The lowest BCUT2D eigenvalue weighted by molar-refractivity contribution is -0.130. The minimum absolute atomic E-state index is 0.173. The molecule has 0 aliphatic carbocycles. The summed E-state index contributed by atoms with van der Waals surface area (Å²) >= 11 is 1.39. The predicted molar refractivity (Wildman–Crippen MR) is 59.4 cm³/mol. The van der Waals surface area contributed by atoms with E-state index < -0.39 is 0 Å². The summed E-state index contributed by atoms with van der Waals surface area (Å²) < 4.78 is 0. The van der Waals surface area contributed by atoms with Crippen LogP contribution < -0.4 is 5.32 Å². The molecule has 2 amide bonds. The Balaban J connectivity index is 2.23. The monoisotopic (exact) mass is 221 g/mol. The Kier molecular flexibility index (Phi) is 2.77. The molecule has 0 aromatic heterocycles. The Labute approximate surface area is 92.2 Å². The highest BCUT2D eigenvalue weighted by Crippen LogP contribution is 2.35. The van der Waals surface area contributed by atoms with Crippen LogP contribution in [-0.2, 0) is 9.59 Å². The van der Waals surface area contributed by atoms with E-state index in [1.54, 1.807) is 0 Å². The number of hydrogen-bond acceptors (Lipinski definition) is 3. The fourth-order valence-electron chi connectivity index (χ4n) is 1.47. The van der Waals surface area contributed by atoms with Gasteiger partial charge in [0.2, 0.25) is 11.8 Å². The van der Waals surface area contributed by atoms with Gasteiger partial charge in [-0.3, -0.25) is 14.9 Å². The van der Waals surface area contributed by atoms with E-state index in [9.17, 15) is 9.59 Å². The van der Waals surface area contributed by atoms with Crippen LogP contribution in [-0.4, -0.2) is 17.1 Å². The van der Waals surface area contributed by atoms with Crippen molar-refractivity contribution in [3.05, 3.63) is 35.9 Å². The van der Waals surface area contributed by atoms with Gasteiger partial charge in [-0.2, -0.15) is 0 Å². The summed E-state index contributed by atoms with van der Waals surface area (Å²) in [5, 5.41) is 1.94. The lowest BCUT2D eigenvalue weighted by Crippen LogP contribution is -2.43. The molecule has 1 aromatic rings. The quantitative estimate of drug-likeness (QED) is 0.731. The van der Waals surface area contributed by atoms with Crippen molar-refractivity contribution >= 4 is 23.6 Å². The van der Waals surface area contributed by atoms with Gasteiger partial charge in [-0.15, -0.1) is 11.8 Å². The number of rotatable bonds is 1. The number of thioether (sulfide) groups is 1. The molecule has 1 aliphatic rings. The number of imide groups is 1. The maximum absolute atomic E-state index is 11.6. The van der Waals surface area contributed by atoms with Crippen molar-refractivity contribution in [2.75, 3.05) is 0 Å². The summed E-state index contributed by atoms with van der Waals surface area (Å²) in [6.45, 7) is 1.81. The van der Waals surface area contributed by atoms with E-state index in [0.29, 0.717) is 0 Å². The van der Waals surface area contributed by atoms with Gasteiger partial charge in [-0.05, 0) is 12.5 Å². The average Bonchev–Trinajstić information content (AvgIpc) is 2.25. The van der Waals surface area contributed by atoms with Gasteiger partial charge in [0, 0.05) is 0 Å². The largest absolute Gasteiger partial charge is 0.294 e. The molecule has 1 saturated heterocycles. The summed E-state index contributed by atoms with van der Waals surface area (Å²) in [7, 11) is 0. The van der Waals surface area contributed by atoms with Crippen LogP contribution in [0.1, 0.15) is 17.7 Å².